The number of carbonyl (C=O) groups excluding carboxylic acids is 1. The predicted octanol–water partition coefficient (Wildman–Crippen LogP) is 6.35. The highest BCUT2D eigenvalue weighted by Crippen LogP contribution is 2.40. The molecule has 0 fully saturated rings. The number of hydrogen-bond donors (Lipinski definition) is 4. The number of hydrogen-bond acceptors (Lipinski definition) is 4. The van der Waals surface area contributed by atoms with Crippen LogP contribution in [-0.4, -0.2) is 37.6 Å². The predicted molar refractivity (Wildman–Crippen MR) is 132 cm³/mol. The topological polar surface area (TPSA) is 107 Å². The minimum absolute atomic E-state index is 0.0760. The second kappa shape index (κ2) is 9.20. The number of nitrogens with one attached hydrogen (secondary N) is 3. The van der Waals surface area contributed by atoms with Gasteiger partial charge in [-0.25, -0.2) is 9.78 Å². The lowest BCUT2D eigenvalue weighted by atomic mass is 9.99. The Morgan fingerprint density at radius 2 is 1.89 bits per heavy atom. The first-order valence-corrected chi connectivity index (χ1v) is 11.6. The van der Waals surface area contributed by atoms with Gasteiger partial charge in [-0.15, -0.1) is 0 Å². The molecule has 0 unspecified atom stereocenters. The van der Waals surface area contributed by atoms with Gasteiger partial charge in [0.25, 0.3) is 0 Å². The quantitative estimate of drug-likeness (QED) is 0.200. The molecule has 4 N–H and O–H groups in total. The van der Waals surface area contributed by atoms with Crippen LogP contribution in [0.2, 0.25) is 0 Å². The van der Waals surface area contributed by atoms with Crippen LogP contribution in [0.4, 0.5) is 13.2 Å². The second-order valence-electron chi connectivity index (χ2n) is 8.58. The molecular weight excluding hydrogens is 485 g/mol. The lowest BCUT2D eigenvalue weighted by molar-refractivity contribution is -0.137. The second-order valence-corrected chi connectivity index (χ2v) is 8.58. The van der Waals surface area contributed by atoms with Crippen molar-refractivity contribution in [2.75, 3.05) is 6.61 Å². The third-order valence-corrected chi connectivity index (χ3v) is 6.13. The molecule has 4 heterocycles. The van der Waals surface area contributed by atoms with Crippen LogP contribution in [0, 0.1) is 6.92 Å². The van der Waals surface area contributed by atoms with Crippen LogP contribution in [0.3, 0.4) is 0 Å². The van der Waals surface area contributed by atoms with E-state index < -0.39 is 17.7 Å². The maximum Gasteiger partial charge on any atom is 0.416 e. The van der Waals surface area contributed by atoms with Crippen LogP contribution < -0.4 is 0 Å². The van der Waals surface area contributed by atoms with E-state index in [0.717, 1.165) is 12.1 Å². The number of H-pyrrole nitrogens is 3. The van der Waals surface area contributed by atoms with Gasteiger partial charge in [-0.2, -0.15) is 13.2 Å². The summed E-state index contributed by atoms with van der Waals surface area (Å²) in [6.07, 6.45) is -2.50. The van der Waals surface area contributed by atoms with Crippen LogP contribution >= 0.6 is 0 Å². The van der Waals surface area contributed by atoms with Crippen LogP contribution in [0.5, 0.6) is 5.75 Å². The SMILES string of the molecule is CCOC(=O)c1c(C)nc2[nH]c(Cc3ccc(-c4cccc(C(F)(F)F)c4)[nH]3)c(O)c2c1-c1ccc[nH]1. The minimum Gasteiger partial charge on any atom is -0.505 e. The molecule has 4 aromatic heterocycles. The average molecular weight is 509 g/mol. The maximum absolute atomic E-state index is 13.1. The van der Waals surface area contributed by atoms with Crippen LogP contribution in [0.1, 0.15) is 39.9 Å². The zero-order valence-electron chi connectivity index (χ0n) is 20.0. The van der Waals surface area contributed by atoms with Gasteiger partial charge in [0.1, 0.15) is 11.4 Å². The number of aromatic hydroxyl groups is 1. The van der Waals surface area contributed by atoms with Crippen molar-refractivity contribution in [2.45, 2.75) is 26.4 Å². The molecule has 0 aliphatic carbocycles. The van der Waals surface area contributed by atoms with Gasteiger partial charge >= 0.3 is 12.1 Å². The van der Waals surface area contributed by atoms with Crippen molar-refractivity contribution in [1.82, 2.24) is 19.9 Å². The Morgan fingerprint density at radius 1 is 1.08 bits per heavy atom. The Kier molecular flexibility index (Phi) is 6.02. The standard InChI is InChI=1S/C27H23F3N4O3/c1-3-37-26(36)21-14(2)32-25-23(22(21)19-8-5-11-31-19)24(35)20(34-25)13-17-9-10-18(33-17)15-6-4-7-16(12-15)27(28,29)30/h4-12,31,33,35H,3,13H2,1-2H3,(H,32,34). The number of aryl methyl sites for hydroxylation is 1. The van der Waals surface area contributed by atoms with Crippen LogP contribution in [0.25, 0.3) is 33.5 Å². The number of aromatic amines is 3. The van der Waals surface area contributed by atoms with Crippen molar-refractivity contribution in [1.29, 1.82) is 0 Å². The number of benzene rings is 1. The number of rotatable bonds is 6. The number of aromatic nitrogens is 4. The maximum atomic E-state index is 13.1. The molecule has 37 heavy (non-hydrogen) atoms. The van der Waals surface area contributed by atoms with Crippen molar-refractivity contribution in [3.05, 3.63) is 82.9 Å². The third kappa shape index (κ3) is 4.46. The van der Waals surface area contributed by atoms with Gasteiger partial charge in [0.05, 0.1) is 34.5 Å². The molecule has 0 amide bonds. The van der Waals surface area contributed by atoms with E-state index in [1.165, 1.54) is 6.07 Å². The lowest BCUT2D eigenvalue weighted by Crippen LogP contribution is -2.10. The van der Waals surface area contributed by atoms with E-state index in [1.54, 1.807) is 50.4 Å². The molecule has 1 aromatic carbocycles. The van der Waals surface area contributed by atoms with Gasteiger partial charge in [0, 0.05) is 35.3 Å². The number of pyridine rings is 1. The van der Waals surface area contributed by atoms with Gasteiger partial charge in [0.15, 0.2) is 0 Å². The van der Waals surface area contributed by atoms with Crippen LogP contribution in [-0.2, 0) is 17.3 Å². The molecule has 0 spiro atoms. The fourth-order valence-corrected chi connectivity index (χ4v) is 4.48. The Balaban J connectivity index is 1.56. The lowest BCUT2D eigenvalue weighted by Gasteiger charge is -2.12. The highest BCUT2D eigenvalue weighted by Gasteiger charge is 2.30. The molecule has 0 aliphatic rings. The number of nitrogens with zero attached hydrogens (tertiary/aromatic N) is 1. The zero-order chi connectivity index (χ0) is 26.3. The molecule has 0 saturated heterocycles. The number of esters is 1. The van der Waals surface area contributed by atoms with Crippen molar-refractivity contribution in [3.63, 3.8) is 0 Å². The first-order valence-electron chi connectivity index (χ1n) is 11.6. The Bertz CT molecular complexity index is 1600. The summed E-state index contributed by atoms with van der Waals surface area (Å²) in [6, 6.07) is 12.1. The molecule has 0 aliphatic heterocycles. The first kappa shape index (κ1) is 24.2. The number of fused-ring (bicyclic) bond motifs is 1. The zero-order valence-corrected chi connectivity index (χ0v) is 20.0. The average Bonchev–Trinajstić information content (AvgIpc) is 3.60. The Hall–Kier alpha value is -4.47. The number of carbonyl (C=O) groups is 1. The van der Waals surface area contributed by atoms with Gasteiger partial charge in [-0.05, 0) is 55.8 Å². The van der Waals surface area contributed by atoms with E-state index in [9.17, 15) is 23.1 Å². The van der Waals surface area contributed by atoms with Gasteiger partial charge in [-0.1, -0.05) is 12.1 Å². The Morgan fingerprint density at radius 3 is 2.59 bits per heavy atom. The summed E-state index contributed by atoms with van der Waals surface area (Å²) in [5, 5.41) is 11.6. The summed E-state index contributed by atoms with van der Waals surface area (Å²) < 4.78 is 44.6. The minimum atomic E-state index is -4.44. The summed E-state index contributed by atoms with van der Waals surface area (Å²) in [7, 11) is 0. The van der Waals surface area contributed by atoms with Crippen molar-refractivity contribution in [3.8, 4) is 28.3 Å². The van der Waals surface area contributed by atoms with Crippen molar-refractivity contribution in [2.24, 2.45) is 0 Å². The largest absolute Gasteiger partial charge is 0.505 e. The smallest absolute Gasteiger partial charge is 0.416 e. The van der Waals surface area contributed by atoms with Gasteiger partial charge < -0.3 is 24.8 Å². The van der Waals surface area contributed by atoms with E-state index in [4.69, 9.17) is 4.74 Å². The summed E-state index contributed by atoms with van der Waals surface area (Å²) in [6.45, 7) is 3.59. The fourth-order valence-electron chi connectivity index (χ4n) is 4.48. The van der Waals surface area contributed by atoms with Crippen LogP contribution in [0.15, 0.2) is 54.7 Å². The van der Waals surface area contributed by atoms with Gasteiger partial charge in [-0.3, -0.25) is 0 Å². The highest BCUT2D eigenvalue weighted by atomic mass is 19.4. The van der Waals surface area contributed by atoms with E-state index in [-0.39, 0.29) is 24.3 Å². The molecule has 0 saturated carbocycles. The molecule has 7 nitrogen and oxygen atoms in total. The van der Waals surface area contributed by atoms with E-state index in [0.29, 0.717) is 50.6 Å². The summed E-state index contributed by atoms with van der Waals surface area (Å²) in [4.78, 5) is 26.7. The number of halogens is 3. The highest BCUT2D eigenvalue weighted by molar-refractivity contribution is 6.09. The summed E-state index contributed by atoms with van der Waals surface area (Å²) in [5.41, 5.74) is 3.46. The molecule has 0 radical (unpaired) electrons. The van der Waals surface area contributed by atoms with Crippen molar-refractivity contribution < 1.29 is 27.8 Å². The summed E-state index contributed by atoms with van der Waals surface area (Å²) in [5.74, 6) is -0.621. The first-order chi connectivity index (χ1) is 17.7. The summed E-state index contributed by atoms with van der Waals surface area (Å²) >= 11 is 0. The van der Waals surface area contributed by atoms with E-state index in [2.05, 4.69) is 19.9 Å². The third-order valence-electron chi connectivity index (χ3n) is 6.13. The Labute approximate surface area is 209 Å². The normalized spacial score (nSPS) is 11.8. The van der Waals surface area contributed by atoms with E-state index in [1.807, 2.05) is 0 Å². The molecular formula is C27H23F3N4O3. The number of ether oxygens (including phenoxy) is 1. The van der Waals surface area contributed by atoms with Crippen molar-refractivity contribution >= 4 is 17.0 Å². The molecule has 10 heteroatoms. The monoisotopic (exact) mass is 508 g/mol. The van der Waals surface area contributed by atoms with Gasteiger partial charge in [0.2, 0.25) is 0 Å². The molecule has 5 aromatic rings. The fraction of sp³-hybridized carbons (Fsp3) is 0.185. The van der Waals surface area contributed by atoms with E-state index >= 15 is 0 Å². The molecule has 0 bridgehead atoms. The molecule has 190 valence electrons. The molecule has 0 atom stereocenters. The molecule has 5 rings (SSSR count). The number of alkyl halides is 3.